The maximum Gasteiger partial charge on any atom is 0.271 e. The molecule has 0 radical (unpaired) electrons. The predicted octanol–water partition coefficient (Wildman–Crippen LogP) is 3.23. The summed E-state index contributed by atoms with van der Waals surface area (Å²) in [6.45, 7) is 1.91. The normalized spacial score (nSPS) is 10.7. The summed E-state index contributed by atoms with van der Waals surface area (Å²) in [6.07, 6.45) is 1.41. The van der Waals surface area contributed by atoms with Crippen molar-refractivity contribution in [2.75, 3.05) is 0 Å². The number of aromatic hydroxyl groups is 1. The Hall–Kier alpha value is -2.14. The quantitative estimate of drug-likeness (QED) is 0.669. The average molecular weight is 333 g/mol. The third kappa shape index (κ3) is 3.68. The first kappa shape index (κ1) is 14.3. The van der Waals surface area contributed by atoms with Gasteiger partial charge in [0.25, 0.3) is 5.91 Å². The van der Waals surface area contributed by atoms with Gasteiger partial charge in [-0.05, 0) is 37.3 Å². The van der Waals surface area contributed by atoms with Gasteiger partial charge in [-0.2, -0.15) is 5.10 Å². The molecule has 0 unspecified atom stereocenters. The van der Waals surface area contributed by atoms with Crippen LogP contribution in [0.5, 0.6) is 5.75 Å². The van der Waals surface area contributed by atoms with E-state index in [1.54, 1.807) is 36.4 Å². The number of hydrazone groups is 1. The average Bonchev–Trinajstić information content (AvgIpc) is 2.42. The van der Waals surface area contributed by atoms with Gasteiger partial charge in [-0.25, -0.2) is 5.43 Å². The number of amides is 1. The first-order chi connectivity index (χ1) is 9.56. The van der Waals surface area contributed by atoms with Gasteiger partial charge in [0, 0.05) is 15.6 Å². The molecular formula is C15H13BrN2O2. The van der Waals surface area contributed by atoms with Gasteiger partial charge in [0.1, 0.15) is 5.75 Å². The fraction of sp³-hybridized carbons (Fsp3) is 0.0667. The zero-order valence-electron chi connectivity index (χ0n) is 10.8. The minimum atomic E-state index is -0.310. The van der Waals surface area contributed by atoms with E-state index >= 15 is 0 Å². The second-order valence-electron chi connectivity index (χ2n) is 4.27. The van der Waals surface area contributed by atoms with Crippen molar-refractivity contribution in [3.05, 3.63) is 63.6 Å². The molecule has 5 heteroatoms. The summed E-state index contributed by atoms with van der Waals surface area (Å²) in [7, 11) is 0. The smallest absolute Gasteiger partial charge is 0.271 e. The van der Waals surface area contributed by atoms with Crippen LogP contribution in [0, 0.1) is 6.92 Å². The molecule has 2 rings (SSSR count). The fourth-order valence-corrected chi connectivity index (χ4v) is 2.03. The number of phenolic OH excluding ortho intramolecular Hbond substituents is 1. The molecule has 1 amide bonds. The van der Waals surface area contributed by atoms with Crippen molar-refractivity contribution in [3.8, 4) is 5.75 Å². The third-order valence-electron chi connectivity index (χ3n) is 2.64. The van der Waals surface area contributed by atoms with Crippen LogP contribution in [0.2, 0.25) is 0 Å². The number of aryl methyl sites for hydroxylation is 1. The zero-order valence-corrected chi connectivity index (χ0v) is 12.4. The molecule has 2 N–H and O–H groups in total. The fourth-order valence-electron chi connectivity index (χ4n) is 1.63. The number of carbonyl (C=O) groups excluding carboxylic acids is 1. The number of phenols is 1. The summed E-state index contributed by atoms with van der Waals surface area (Å²) in [4.78, 5) is 11.8. The molecule has 0 aliphatic rings. The molecule has 4 nitrogen and oxygen atoms in total. The van der Waals surface area contributed by atoms with E-state index < -0.39 is 0 Å². The Labute approximate surface area is 125 Å². The first-order valence-electron chi connectivity index (χ1n) is 5.95. The lowest BCUT2D eigenvalue weighted by Crippen LogP contribution is -2.17. The van der Waals surface area contributed by atoms with E-state index in [0.29, 0.717) is 11.1 Å². The second kappa shape index (κ2) is 6.34. The topological polar surface area (TPSA) is 61.7 Å². The number of halogens is 1. The number of hydrogen-bond donors (Lipinski definition) is 2. The highest BCUT2D eigenvalue weighted by molar-refractivity contribution is 9.10. The van der Waals surface area contributed by atoms with Crippen LogP contribution < -0.4 is 5.43 Å². The van der Waals surface area contributed by atoms with Gasteiger partial charge in [-0.15, -0.1) is 0 Å². The minimum absolute atomic E-state index is 0.121. The van der Waals surface area contributed by atoms with Crippen molar-refractivity contribution in [2.24, 2.45) is 5.10 Å². The second-order valence-corrected chi connectivity index (χ2v) is 5.19. The van der Waals surface area contributed by atoms with Crippen LogP contribution in [-0.4, -0.2) is 17.2 Å². The molecule has 20 heavy (non-hydrogen) atoms. The maximum absolute atomic E-state index is 11.8. The van der Waals surface area contributed by atoms with E-state index in [-0.39, 0.29) is 11.7 Å². The summed E-state index contributed by atoms with van der Waals surface area (Å²) < 4.78 is 0.824. The van der Waals surface area contributed by atoms with E-state index in [4.69, 9.17) is 0 Å². The number of rotatable bonds is 3. The van der Waals surface area contributed by atoms with E-state index in [1.165, 1.54) is 6.21 Å². The van der Waals surface area contributed by atoms with Crippen molar-refractivity contribution in [1.29, 1.82) is 0 Å². The van der Waals surface area contributed by atoms with Gasteiger partial charge in [0.15, 0.2) is 0 Å². The van der Waals surface area contributed by atoms with Crippen molar-refractivity contribution in [3.63, 3.8) is 0 Å². The highest BCUT2D eigenvalue weighted by Gasteiger charge is 2.04. The van der Waals surface area contributed by atoms with E-state index in [0.717, 1.165) is 10.0 Å². The Bertz CT molecular complexity index is 669. The molecule has 0 aliphatic carbocycles. The zero-order chi connectivity index (χ0) is 14.5. The van der Waals surface area contributed by atoms with Crippen molar-refractivity contribution in [2.45, 2.75) is 6.92 Å². The molecule has 0 aliphatic heterocycles. The highest BCUT2D eigenvalue weighted by atomic mass is 79.9. The summed E-state index contributed by atoms with van der Waals surface area (Å²) in [5.41, 5.74) is 4.48. The van der Waals surface area contributed by atoms with Crippen molar-refractivity contribution in [1.82, 2.24) is 5.43 Å². The van der Waals surface area contributed by atoms with Gasteiger partial charge in [0.2, 0.25) is 0 Å². The minimum Gasteiger partial charge on any atom is -0.507 e. The van der Waals surface area contributed by atoms with Crippen LogP contribution in [-0.2, 0) is 0 Å². The Kier molecular flexibility index (Phi) is 4.53. The summed E-state index contributed by atoms with van der Waals surface area (Å²) in [6, 6.07) is 12.2. The van der Waals surface area contributed by atoms with Gasteiger partial charge < -0.3 is 5.11 Å². The van der Waals surface area contributed by atoms with Crippen LogP contribution in [0.25, 0.3) is 0 Å². The molecule has 0 saturated carbocycles. The molecule has 0 aromatic heterocycles. The number of benzene rings is 2. The molecular weight excluding hydrogens is 320 g/mol. The SMILES string of the molecule is Cc1ccc(O)c(C=NNC(=O)c2cccc(Br)c2)c1. The Morgan fingerprint density at radius 1 is 1.30 bits per heavy atom. The van der Waals surface area contributed by atoms with Gasteiger partial charge in [0.05, 0.1) is 6.21 Å². The van der Waals surface area contributed by atoms with Crippen LogP contribution in [0.15, 0.2) is 52.0 Å². The van der Waals surface area contributed by atoms with Crippen molar-refractivity contribution >= 4 is 28.1 Å². The largest absolute Gasteiger partial charge is 0.507 e. The maximum atomic E-state index is 11.8. The van der Waals surface area contributed by atoms with E-state index in [2.05, 4.69) is 26.5 Å². The van der Waals surface area contributed by atoms with Crippen LogP contribution in [0.3, 0.4) is 0 Å². The molecule has 0 heterocycles. The van der Waals surface area contributed by atoms with Gasteiger partial charge >= 0.3 is 0 Å². The lowest BCUT2D eigenvalue weighted by molar-refractivity contribution is 0.0955. The molecule has 102 valence electrons. The summed E-state index contributed by atoms with van der Waals surface area (Å²) in [5, 5.41) is 13.5. The third-order valence-corrected chi connectivity index (χ3v) is 3.13. The van der Waals surface area contributed by atoms with E-state index in [1.807, 2.05) is 13.0 Å². The monoisotopic (exact) mass is 332 g/mol. The standard InChI is InChI=1S/C15H13BrN2O2/c1-10-5-6-14(19)12(7-10)9-17-18-15(20)11-3-2-4-13(16)8-11/h2-9,19H,1H3,(H,18,20). The lowest BCUT2D eigenvalue weighted by atomic mass is 10.1. The number of nitrogens with zero attached hydrogens (tertiary/aromatic N) is 1. The van der Waals surface area contributed by atoms with E-state index in [9.17, 15) is 9.90 Å². The number of hydrogen-bond acceptors (Lipinski definition) is 3. The predicted molar refractivity (Wildman–Crippen MR) is 82.0 cm³/mol. The lowest BCUT2D eigenvalue weighted by Gasteiger charge is -2.02. The number of nitrogens with one attached hydrogen (secondary N) is 1. The number of carbonyl (C=O) groups is 1. The molecule has 0 saturated heterocycles. The summed E-state index contributed by atoms with van der Waals surface area (Å²) >= 11 is 3.30. The first-order valence-corrected chi connectivity index (χ1v) is 6.74. The molecule has 0 spiro atoms. The Balaban J connectivity index is 2.06. The van der Waals surface area contributed by atoms with Gasteiger partial charge in [-0.1, -0.05) is 33.6 Å². The molecule has 0 atom stereocenters. The molecule has 0 bridgehead atoms. The van der Waals surface area contributed by atoms with Crippen LogP contribution in [0.4, 0.5) is 0 Å². The van der Waals surface area contributed by atoms with Crippen molar-refractivity contribution < 1.29 is 9.90 Å². The molecule has 2 aromatic carbocycles. The Morgan fingerprint density at radius 2 is 2.10 bits per heavy atom. The molecule has 2 aromatic rings. The summed E-state index contributed by atoms with van der Waals surface area (Å²) in [5.74, 6) is -0.189. The Morgan fingerprint density at radius 3 is 2.85 bits per heavy atom. The van der Waals surface area contributed by atoms with Crippen LogP contribution in [0.1, 0.15) is 21.5 Å². The van der Waals surface area contributed by atoms with Gasteiger partial charge in [-0.3, -0.25) is 4.79 Å². The highest BCUT2D eigenvalue weighted by Crippen LogP contribution is 2.15. The van der Waals surface area contributed by atoms with Crippen LogP contribution >= 0.6 is 15.9 Å². The molecule has 0 fully saturated rings.